The number of esters is 1. The van der Waals surface area contributed by atoms with Crippen molar-refractivity contribution in [1.82, 2.24) is 0 Å². The second-order valence-corrected chi connectivity index (χ2v) is 10.5. The summed E-state index contributed by atoms with van der Waals surface area (Å²) in [6.45, 7) is 7.20. The highest BCUT2D eigenvalue weighted by Gasteiger charge is 2.70. The number of ketones is 2. The van der Waals surface area contributed by atoms with E-state index >= 15 is 0 Å². The summed E-state index contributed by atoms with van der Waals surface area (Å²) in [6.07, 6.45) is 6.95. The van der Waals surface area contributed by atoms with Gasteiger partial charge in [0.2, 0.25) is 5.78 Å². The third-order valence-electron chi connectivity index (χ3n) is 9.11. The van der Waals surface area contributed by atoms with Gasteiger partial charge in [-0.25, -0.2) is 0 Å². The number of carbonyl (C=O) groups is 3. The Labute approximate surface area is 183 Å². The van der Waals surface area contributed by atoms with E-state index in [1.54, 1.807) is 19.1 Å². The molecule has 0 aromatic rings. The predicted molar refractivity (Wildman–Crippen MR) is 114 cm³/mol. The summed E-state index contributed by atoms with van der Waals surface area (Å²) in [5.41, 5.74) is -1.48. The number of carbonyl (C=O) groups excluding carboxylic acids is 3. The average molecular weight is 431 g/mol. The highest BCUT2D eigenvalue weighted by molar-refractivity contribution is 6.01. The number of fused-ring (bicyclic) bond motifs is 5. The van der Waals surface area contributed by atoms with Crippen LogP contribution in [0.3, 0.4) is 0 Å². The van der Waals surface area contributed by atoms with E-state index in [9.17, 15) is 24.6 Å². The molecular formula is C25H34O6. The molecule has 0 saturated heterocycles. The first-order valence-electron chi connectivity index (χ1n) is 11.5. The van der Waals surface area contributed by atoms with Gasteiger partial charge < -0.3 is 14.9 Å². The molecule has 8 atom stereocenters. The minimum absolute atomic E-state index is 0.00665. The van der Waals surface area contributed by atoms with Crippen LogP contribution in [0.25, 0.3) is 0 Å². The molecule has 0 aromatic carbocycles. The Morgan fingerprint density at radius 3 is 2.65 bits per heavy atom. The van der Waals surface area contributed by atoms with Crippen molar-refractivity contribution < 1.29 is 29.3 Å². The smallest absolute Gasteiger partial charge is 0.306 e. The third-order valence-corrected chi connectivity index (χ3v) is 9.11. The Morgan fingerprint density at radius 2 is 2.00 bits per heavy atom. The van der Waals surface area contributed by atoms with Gasteiger partial charge in [0.1, 0.15) is 6.61 Å². The SMILES string of the molecule is CCC(=O)O[C@]1(C(=O)CO)CC[C@H]2[C@@H]3C[C@H](C)C4=CC(=O)C=C[C@]4(C)[C@H]3[C@@H](O)C[C@@]21C. The third kappa shape index (κ3) is 2.94. The van der Waals surface area contributed by atoms with E-state index in [0.29, 0.717) is 19.3 Å². The highest BCUT2D eigenvalue weighted by atomic mass is 16.6. The normalized spacial score (nSPS) is 45.9. The number of Topliss-reactive ketones (excluding diaryl/α,β-unsaturated/α-hetero) is 1. The number of ether oxygens (including phenoxy) is 1. The van der Waals surface area contributed by atoms with Gasteiger partial charge in [0.05, 0.1) is 6.10 Å². The predicted octanol–water partition coefficient (Wildman–Crippen LogP) is 2.76. The molecule has 0 aromatic heterocycles. The zero-order valence-electron chi connectivity index (χ0n) is 18.9. The summed E-state index contributed by atoms with van der Waals surface area (Å²) < 4.78 is 5.84. The molecule has 0 amide bonds. The molecule has 3 fully saturated rings. The summed E-state index contributed by atoms with van der Waals surface area (Å²) in [6, 6.07) is 0. The molecule has 6 nitrogen and oxygen atoms in total. The minimum atomic E-state index is -1.40. The van der Waals surface area contributed by atoms with Crippen LogP contribution in [0.2, 0.25) is 0 Å². The van der Waals surface area contributed by atoms with Gasteiger partial charge in [-0.15, -0.1) is 0 Å². The molecule has 4 rings (SSSR count). The van der Waals surface area contributed by atoms with Crippen molar-refractivity contribution in [3.63, 3.8) is 0 Å². The van der Waals surface area contributed by atoms with Gasteiger partial charge in [0.25, 0.3) is 0 Å². The van der Waals surface area contributed by atoms with Crippen molar-refractivity contribution >= 4 is 17.5 Å². The Bertz CT molecular complexity index is 873. The number of hydrogen-bond acceptors (Lipinski definition) is 6. The van der Waals surface area contributed by atoms with Crippen LogP contribution in [0.4, 0.5) is 0 Å². The van der Waals surface area contributed by atoms with E-state index in [4.69, 9.17) is 4.74 Å². The van der Waals surface area contributed by atoms with E-state index in [1.165, 1.54) is 0 Å². The molecule has 170 valence electrons. The monoisotopic (exact) mass is 430 g/mol. The van der Waals surface area contributed by atoms with E-state index in [-0.39, 0.29) is 35.9 Å². The molecule has 0 unspecified atom stereocenters. The van der Waals surface area contributed by atoms with Gasteiger partial charge in [-0.3, -0.25) is 14.4 Å². The lowest BCUT2D eigenvalue weighted by Gasteiger charge is -2.61. The zero-order valence-corrected chi connectivity index (χ0v) is 18.9. The molecule has 4 aliphatic rings. The summed E-state index contributed by atoms with van der Waals surface area (Å²) >= 11 is 0. The molecule has 0 spiro atoms. The first kappa shape index (κ1) is 22.4. The number of hydrogen-bond donors (Lipinski definition) is 2. The van der Waals surface area contributed by atoms with Gasteiger partial charge in [0.15, 0.2) is 11.4 Å². The lowest BCUT2D eigenvalue weighted by Crippen LogP contribution is -2.63. The summed E-state index contributed by atoms with van der Waals surface area (Å²) in [4.78, 5) is 37.4. The lowest BCUT2D eigenvalue weighted by molar-refractivity contribution is -0.201. The van der Waals surface area contributed by atoms with Crippen molar-refractivity contribution in [2.45, 2.75) is 71.5 Å². The maximum Gasteiger partial charge on any atom is 0.306 e. The Morgan fingerprint density at radius 1 is 1.29 bits per heavy atom. The second-order valence-electron chi connectivity index (χ2n) is 10.5. The van der Waals surface area contributed by atoms with Crippen molar-refractivity contribution in [3.8, 4) is 0 Å². The quantitative estimate of drug-likeness (QED) is 0.665. The topological polar surface area (TPSA) is 101 Å². The Kier molecular flexibility index (Phi) is 5.33. The van der Waals surface area contributed by atoms with E-state index < -0.39 is 40.9 Å². The largest absolute Gasteiger partial charge is 0.450 e. The average Bonchev–Trinajstić information content (AvgIpc) is 3.01. The molecular weight excluding hydrogens is 396 g/mol. The van der Waals surface area contributed by atoms with Crippen LogP contribution in [-0.2, 0) is 19.1 Å². The number of aliphatic hydroxyl groups is 2. The zero-order chi connectivity index (χ0) is 22.8. The van der Waals surface area contributed by atoms with Gasteiger partial charge >= 0.3 is 5.97 Å². The molecule has 2 N–H and O–H groups in total. The fourth-order valence-electron chi connectivity index (χ4n) is 7.81. The van der Waals surface area contributed by atoms with Crippen LogP contribution < -0.4 is 0 Å². The van der Waals surface area contributed by atoms with Gasteiger partial charge in [-0.2, -0.15) is 0 Å². The highest BCUT2D eigenvalue weighted by Crippen LogP contribution is 2.68. The second kappa shape index (κ2) is 7.38. The maximum absolute atomic E-state index is 13.0. The Hall–Kier alpha value is -1.79. The van der Waals surface area contributed by atoms with Crippen LogP contribution in [0.5, 0.6) is 0 Å². The fraction of sp³-hybridized carbons (Fsp3) is 0.720. The van der Waals surface area contributed by atoms with E-state index in [1.807, 2.05) is 13.0 Å². The molecule has 6 heteroatoms. The number of rotatable bonds is 4. The van der Waals surface area contributed by atoms with Gasteiger partial charge in [-0.1, -0.05) is 39.3 Å². The maximum atomic E-state index is 13.0. The van der Waals surface area contributed by atoms with E-state index in [2.05, 4.69) is 13.8 Å². The molecule has 0 radical (unpaired) electrons. The van der Waals surface area contributed by atoms with Crippen molar-refractivity contribution in [2.24, 2.45) is 34.5 Å². The first-order valence-corrected chi connectivity index (χ1v) is 11.5. The fourth-order valence-corrected chi connectivity index (χ4v) is 7.81. The van der Waals surface area contributed by atoms with Crippen molar-refractivity contribution in [1.29, 1.82) is 0 Å². The minimum Gasteiger partial charge on any atom is -0.450 e. The molecule has 0 aliphatic heterocycles. The van der Waals surface area contributed by atoms with Crippen LogP contribution in [0.1, 0.15) is 59.8 Å². The first-order chi connectivity index (χ1) is 14.5. The van der Waals surface area contributed by atoms with Gasteiger partial charge in [-0.05, 0) is 55.6 Å². The number of allylic oxidation sites excluding steroid dienone is 4. The standard InChI is InChI=1S/C25H34O6/c1-5-21(30)31-25(20(29)13-26)9-7-17-16-10-14(2)18-11-15(27)6-8-23(18,3)22(16)19(28)12-24(17,25)4/h6,8,11,14,16-17,19,22,26,28H,5,7,9-10,12-13H2,1-4H3/t14-,16-,17-,19-,22+,23-,24-,25-/m0/s1. The van der Waals surface area contributed by atoms with Crippen molar-refractivity contribution in [2.75, 3.05) is 6.61 Å². The van der Waals surface area contributed by atoms with E-state index in [0.717, 1.165) is 12.0 Å². The number of aliphatic hydroxyl groups excluding tert-OH is 2. The van der Waals surface area contributed by atoms with Gasteiger partial charge in [0, 0.05) is 23.2 Å². The molecule has 4 aliphatic carbocycles. The summed E-state index contributed by atoms with van der Waals surface area (Å²) in [5, 5.41) is 21.3. The molecule has 31 heavy (non-hydrogen) atoms. The van der Waals surface area contributed by atoms with Crippen LogP contribution in [-0.4, -0.2) is 46.1 Å². The van der Waals surface area contributed by atoms with Crippen LogP contribution in [0.15, 0.2) is 23.8 Å². The van der Waals surface area contributed by atoms with Crippen molar-refractivity contribution in [3.05, 3.63) is 23.8 Å². The van der Waals surface area contributed by atoms with Crippen LogP contribution >= 0.6 is 0 Å². The molecule has 0 bridgehead atoms. The molecule has 3 saturated carbocycles. The lowest BCUT2D eigenvalue weighted by atomic mass is 9.44. The summed E-state index contributed by atoms with van der Waals surface area (Å²) in [5.74, 6) is -0.624. The van der Waals surface area contributed by atoms with Crippen LogP contribution in [0, 0.1) is 34.5 Å². The Balaban J connectivity index is 1.79. The molecule has 0 heterocycles. The summed E-state index contributed by atoms with van der Waals surface area (Å²) in [7, 11) is 0.